The monoisotopic (exact) mass is 455 g/mol. The van der Waals surface area contributed by atoms with E-state index in [1.807, 2.05) is 24.3 Å². The zero-order valence-electron chi connectivity index (χ0n) is 18.5. The number of para-hydroxylation sites is 1. The van der Waals surface area contributed by atoms with Crippen molar-refractivity contribution in [1.82, 2.24) is 0 Å². The standard InChI is InChI=1S/C32H22ClN/c33-28-18-17-20(19-29(28)34-21-9-2-1-3-10-21)22-15-8-16-27-30-23-11-4-6-13-25(23)32(31(22)27)26-14-7-5-12-24(26)30/h1-19,30,32,34H. The molecule has 3 aliphatic rings. The minimum absolute atomic E-state index is 0.241. The van der Waals surface area contributed by atoms with Gasteiger partial charge in [0.2, 0.25) is 0 Å². The van der Waals surface area contributed by atoms with E-state index in [2.05, 4.69) is 96.3 Å². The third-order valence-electron chi connectivity index (χ3n) is 7.31. The van der Waals surface area contributed by atoms with Crippen LogP contribution in [0, 0.1) is 0 Å². The second kappa shape index (κ2) is 7.62. The maximum atomic E-state index is 6.61. The third kappa shape index (κ3) is 2.87. The van der Waals surface area contributed by atoms with Crippen molar-refractivity contribution in [3.05, 3.63) is 154 Å². The SMILES string of the molecule is Clc1ccc(-c2cccc3c2C2c4ccccc4C3c3ccccc32)cc1Nc1ccccc1. The van der Waals surface area contributed by atoms with Gasteiger partial charge in [-0.3, -0.25) is 0 Å². The maximum Gasteiger partial charge on any atom is 0.0641 e. The molecular formula is C32H22ClN. The Bertz CT molecular complexity index is 1510. The molecule has 0 saturated heterocycles. The second-order valence-electron chi connectivity index (χ2n) is 9.12. The minimum atomic E-state index is 0.241. The summed E-state index contributed by atoms with van der Waals surface area (Å²) in [5.41, 5.74) is 13.0. The Labute approximate surface area is 204 Å². The fraction of sp³-hybridized carbons (Fsp3) is 0.0625. The van der Waals surface area contributed by atoms with Crippen LogP contribution in [0.25, 0.3) is 11.1 Å². The lowest BCUT2D eigenvalue weighted by Gasteiger charge is -2.43. The molecule has 0 aliphatic heterocycles. The Morgan fingerprint density at radius 1 is 0.529 bits per heavy atom. The fourth-order valence-electron chi connectivity index (χ4n) is 5.93. The molecule has 5 aromatic carbocycles. The number of halogens is 1. The number of nitrogens with one attached hydrogen (secondary N) is 1. The summed E-state index contributed by atoms with van der Waals surface area (Å²) in [6.07, 6.45) is 0. The smallest absolute Gasteiger partial charge is 0.0641 e. The molecule has 2 bridgehead atoms. The summed E-state index contributed by atoms with van der Waals surface area (Å²) in [5, 5.41) is 4.21. The van der Waals surface area contributed by atoms with Crippen molar-refractivity contribution in [2.45, 2.75) is 11.8 Å². The van der Waals surface area contributed by atoms with Gasteiger partial charge in [0.25, 0.3) is 0 Å². The van der Waals surface area contributed by atoms with Gasteiger partial charge in [0.1, 0.15) is 0 Å². The van der Waals surface area contributed by atoms with Crippen LogP contribution in [0.3, 0.4) is 0 Å². The molecule has 0 heterocycles. The molecule has 0 fully saturated rings. The van der Waals surface area contributed by atoms with Gasteiger partial charge in [-0.1, -0.05) is 103 Å². The van der Waals surface area contributed by atoms with Gasteiger partial charge < -0.3 is 5.32 Å². The highest BCUT2D eigenvalue weighted by atomic mass is 35.5. The second-order valence-corrected chi connectivity index (χ2v) is 9.53. The van der Waals surface area contributed by atoms with Gasteiger partial charge in [-0.05, 0) is 68.8 Å². The summed E-state index contributed by atoms with van der Waals surface area (Å²) < 4.78 is 0. The molecule has 2 heteroatoms. The third-order valence-corrected chi connectivity index (χ3v) is 7.64. The largest absolute Gasteiger partial charge is 0.354 e. The van der Waals surface area contributed by atoms with E-state index in [4.69, 9.17) is 11.6 Å². The van der Waals surface area contributed by atoms with Crippen LogP contribution in [0.1, 0.15) is 45.2 Å². The number of hydrogen-bond acceptors (Lipinski definition) is 1. The van der Waals surface area contributed by atoms with Crippen molar-refractivity contribution < 1.29 is 0 Å². The Balaban J connectivity index is 1.42. The molecule has 1 nitrogen and oxygen atoms in total. The van der Waals surface area contributed by atoms with Crippen molar-refractivity contribution in [1.29, 1.82) is 0 Å². The molecule has 0 unspecified atom stereocenters. The van der Waals surface area contributed by atoms with Crippen molar-refractivity contribution in [2.24, 2.45) is 0 Å². The van der Waals surface area contributed by atoms with Crippen LogP contribution in [0.5, 0.6) is 0 Å². The molecule has 1 N–H and O–H groups in total. The summed E-state index contributed by atoms with van der Waals surface area (Å²) in [6.45, 7) is 0. The zero-order valence-corrected chi connectivity index (χ0v) is 19.3. The Hall–Kier alpha value is -3.81. The van der Waals surface area contributed by atoms with Gasteiger partial charge in [-0.15, -0.1) is 0 Å². The van der Waals surface area contributed by atoms with Crippen LogP contribution in [0.2, 0.25) is 5.02 Å². The predicted octanol–water partition coefficient (Wildman–Crippen LogP) is 8.74. The molecule has 8 rings (SSSR count). The summed E-state index contributed by atoms with van der Waals surface area (Å²) in [5.74, 6) is 0.520. The highest BCUT2D eigenvalue weighted by Gasteiger charge is 2.42. The fourth-order valence-corrected chi connectivity index (χ4v) is 6.09. The topological polar surface area (TPSA) is 12.0 Å². The first kappa shape index (κ1) is 19.6. The normalized spacial score (nSPS) is 17.0. The van der Waals surface area contributed by atoms with Crippen molar-refractivity contribution >= 4 is 23.0 Å². The van der Waals surface area contributed by atoms with E-state index in [0.29, 0.717) is 0 Å². The van der Waals surface area contributed by atoms with Crippen LogP contribution >= 0.6 is 11.6 Å². The van der Waals surface area contributed by atoms with E-state index in [-0.39, 0.29) is 11.8 Å². The van der Waals surface area contributed by atoms with Crippen LogP contribution in [-0.4, -0.2) is 0 Å². The van der Waals surface area contributed by atoms with Crippen molar-refractivity contribution in [3.63, 3.8) is 0 Å². The zero-order chi connectivity index (χ0) is 22.6. The highest BCUT2D eigenvalue weighted by Crippen LogP contribution is 2.57. The van der Waals surface area contributed by atoms with E-state index in [1.54, 1.807) is 0 Å². The summed E-state index contributed by atoms with van der Waals surface area (Å²) >= 11 is 6.61. The number of rotatable bonds is 3. The lowest BCUT2D eigenvalue weighted by molar-refractivity contribution is 0.756. The first-order chi connectivity index (χ1) is 16.8. The van der Waals surface area contributed by atoms with E-state index >= 15 is 0 Å². The first-order valence-electron chi connectivity index (χ1n) is 11.7. The van der Waals surface area contributed by atoms with Crippen molar-refractivity contribution in [2.75, 3.05) is 5.32 Å². The van der Waals surface area contributed by atoms with E-state index < -0.39 is 0 Å². The number of anilines is 2. The molecule has 34 heavy (non-hydrogen) atoms. The average Bonchev–Trinajstić information content (AvgIpc) is 2.90. The van der Waals surface area contributed by atoms with Crippen LogP contribution < -0.4 is 5.32 Å². The molecule has 0 radical (unpaired) electrons. The van der Waals surface area contributed by atoms with Gasteiger partial charge in [0, 0.05) is 17.5 Å². The lowest BCUT2D eigenvalue weighted by atomic mass is 9.60. The number of benzene rings is 5. The Morgan fingerprint density at radius 2 is 1.12 bits per heavy atom. The molecule has 0 saturated carbocycles. The van der Waals surface area contributed by atoms with Gasteiger partial charge in [-0.2, -0.15) is 0 Å². The molecule has 162 valence electrons. The average molecular weight is 456 g/mol. The van der Waals surface area contributed by atoms with Gasteiger partial charge in [0.15, 0.2) is 0 Å². The maximum absolute atomic E-state index is 6.61. The van der Waals surface area contributed by atoms with E-state index in [0.717, 1.165) is 16.4 Å². The first-order valence-corrected chi connectivity index (χ1v) is 12.1. The van der Waals surface area contributed by atoms with Gasteiger partial charge >= 0.3 is 0 Å². The van der Waals surface area contributed by atoms with Crippen LogP contribution in [0.4, 0.5) is 11.4 Å². The molecule has 0 aromatic heterocycles. The van der Waals surface area contributed by atoms with E-state index in [9.17, 15) is 0 Å². The molecule has 0 spiro atoms. The quantitative estimate of drug-likeness (QED) is 0.281. The van der Waals surface area contributed by atoms with Gasteiger partial charge in [-0.25, -0.2) is 0 Å². The highest BCUT2D eigenvalue weighted by molar-refractivity contribution is 6.33. The number of hydrogen-bond donors (Lipinski definition) is 1. The molecule has 5 aromatic rings. The lowest BCUT2D eigenvalue weighted by Crippen LogP contribution is -2.28. The summed E-state index contributed by atoms with van der Waals surface area (Å²) in [4.78, 5) is 0. The summed E-state index contributed by atoms with van der Waals surface area (Å²) in [6, 6.07) is 41.3. The minimum Gasteiger partial charge on any atom is -0.354 e. The Morgan fingerprint density at radius 3 is 1.79 bits per heavy atom. The van der Waals surface area contributed by atoms with Crippen LogP contribution in [-0.2, 0) is 0 Å². The molecule has 0 atom stereocenters. The summed E-state index contributed by atoms with van der Waals surface area (Å²) in [7, 11) is 0. The van der Waals surface area contributed by atoms with Gasteiger partial charge in [0.05, 0.1) is 10.7 Å². The molecule has 3 aliphatic carbocycles. The Kier molecular flexibility index (Phi) is 4.40. The molecular weight excluding hydrogens is 434 g/mol. The van der Waals surface area contributed by atoms with Crippen LogP contribution in [0.15, 0.2) is 115 Å². The van der Waals surface area contributed by atoms with E-state index in [1.165, 1.54) is 44.5 Å². The molecule has 0 amide bonds. The van der Waals surface area contributed by atoms with Crippen molar-refractivity contribution in [3.8, 4) is 11.1 Å². The predicted molar refractivity (Wildman–Crippen MR) is 141 cm³/mol.